The number of carbonyl (C=O) groups excluding carboxylic acids is 1. The molecule has 2 nitrogen and oxygen atoms in total. The lowest BCUT2D eigenvalue weighted by Gasteiger charge is -1.93. The van der Waals surface area contributed by atoms with Crippen LogP contribution in [-0.2, 0) is 11.2 Å². The third-order valence-electron chi connectivity index (χ3n) is 1.19. The van der Waals surface area contributed by atoms with E-state index in [0.717, 1.165) is 4.88 Å². The van der Waals surface area contributed by atoms with E-state index in [4.69, 9.17) is 0 Å². The van der Waals surface area contributed by atoms with Gasteiger partial charge in [-0.15, -0.1) is 11.3 Å². The summed E-state index contributed by atoms with van der Waals surface area (Å²) in [5.74, 6) is 0.0717. The van der Waals surface area contributed by atoms with Crippen molar-refractivity contribution in [3.8, 4) is 0 Å². The van der Waals surface area contributed by atoms with Crippen LogP contribution in [0.2, 0.25) is 0 Å². The molecule has 0 unspecified atom stereocenters. The predicted octanol–water partition coefficient (Wildman–Crippen LogP) is 2.06. The predicted molar refractivity (Wildman–Crippen MR) is 53.4 cm³/mol. The van der Waals surface area contributed by atoms with Crippen LogP contribution in [-0.4, -0.2) is 13.0 Å². The molecule has 1 rings (SSSR count). The number of likely N-dealkylation sites (N-methyl/N-ethyl adjacent to an activating group) is 1. The lowest BCUT2D eigenvalue weighted by molar-refractivity contribution is -0.119. The second-order valence-corrected chi connectivity index (χ2v) is 2.96. The van der Waals surface area contributed by atoms with E-state index in [-0.39, 0.29) is 5.91 Å². The number of nitrogens with one attached hydrogen (secondary N) is 1. The highest BCUT2D eigenvalue weighted by atomic mass is 32.1. The monoisotopic (exact) mass is 185 g/mol. The Morgan fingerprint density at radius 1 is 1.58 bits per heavy atom. The largest absolute Gasteiger partial charge is 0.359 e. The highest BCUT2D eigenvalue weighted by molar-refractivity contribution is 7.10. The Morgan fingerprint density at radius 2 is 2.25 bits per heavy atom. The normalized spacial score (nSPS) is 8.25. The molecule has 68 valence electrons. The summed E-state index contributed by atoms with van der Waals surface area (Å²) in [7, 11) is 1.65. The lowest BCUT2D eigenvalue weighted by Crippen LogP contribution is -2.19. The standard InChI is InChI=1S/C7H9NOS.C2H6/c1-8-7(9)5-6-3-2-4-10-6;1-2/h2-4H,5H2,1H3,(H,8,9);1-2H3. The van der Waals surface area contributed by atoms with E-state index >= 15 is 0 Å². The molecule has 0 saturated carbocycles. The third kappa shape index (κ3) is 4.13. The fourth-order valence-corrected chi connectivity index (χ4v) is 1.36. The van der Waals surface area contributed by atoms with E-state index in [2.05, 4.69) is 5.32 Å². The first-order chi connectivity index (χ1) is 5.83. The maximum absolute atomic E-state index is 10.8. The molecule has 0 aliphatic heterocycles. The molecule has 0 radical (unpaired) electrons. The Hall–Kier alpha value is -0.830. The van der Waals surface area contributed by atoms with Crippen molar-refractivity contribution in [1.29, 1.82) is 0 Å². The molecule has 1 aromatic heterocycles. The van der Waals surface area contributed by atoms with Crippen molar-refractivity contribution >= 4 is 17.2 Å². The molecule has 0 saturated heterocycles. The van der Waals surface area contributed by atoms with E-state index in [1.54, 1.807) is 18.4 Å². The van der Waals surface area contributed by atoms with Gasteiger partial charge in [0.25, 0.3) is 0 Å². The number of thiophene rings is 1. The van der Waals surface area contributed by atoms with Crippen LogP contribution in [0.1, 0.15) is 18.7 Å². The average Bonchev–Trinajstić information content (AvgIpc) is 2.60. The Balaban J connectivity index is 0.000000561. The van der Waals surface area contributed by atoms with Crippen molar-refractivity contribution in [3.05, 3.63) is 22.4 Å². The van der Waals surface area contributed by atoms with Crippen LogP contribution >= 0.6 is 11.3 Å². The fraction of sp³-hybridized carbons (Fsp3) is 0.444. The first-order valence-corrected chi connectivity index (χ1v) is 4.94. The van der Waals surface area contributed by atoms with Gasteiger partial charge in [-0.2, -0.15) is 0 Å². The fourth-order valence-electron chi connectivity index (χ4n) is 0.660. The minimum atomic E-state index is 0.0717. The Labute approximate surface area is 77.6 Å². The number of amides is 1. The summed E-state index contributed by atoms with van der Waals surface area (Å²) >= 11 is 1.61. The quantitative estimate of drug-likeness (QED) is 0.750. The van der Waals surface area contributed by atoms with Gasteiger partial charge in [-0.05, 0) is 11.4 Å². The maximum atomic E-state index is 10.8. The second-order valence-electron chi connectivity index (χ2n) is 1.93. The van der Waals surface area contributed by atoms with Crippen LogP contribution in [0.15, 0.2) is 17.5 Å². The van der Waals surface area contributed by atoms with Crippen molar-refractivity contribution in [3.63, 3.8) is 0 Å². The second kappa shape index (κ2) is 6.85. The van der Waals surface area contributed by atoms with E-state index in [1.807, 2.05) is 31.4 Å². The summed E-state index contributed by atoms with van der Waals surface area (Å²) in [5, 5.41) is 4.54. The summed E-state index contributed by atoms with van der Waals surface area (Å²) in [6, 6.07) is 3.91. The van der Waals surface area contributed by atoms with E-state index in [1.165, 1.54) is 0 Å². The summed E-state index contributed by atoms with van der Waals surface area (Å²) in [6.07, 6.45) is 0.508. The molecular formula is C9H15NOS. The molecule has 0 spiro atoms. The number of rotatable bonds is 2. The van der Waals surface area contributed by atoms with Gasteiger partial charge in [0.05, 0.1) is 6.42 Å². The molecule has 0 aliphatic rings. The van der Waals surface area contributed by atoms with Crippen molar-refractivity contribution in [2.24, 2.45) is 0 Å². The van der Waals surface area contributed by atoms with Crippen LogP contribution in [0.25, 0.3) is 0 Å². The third-order valence-corrected chi connectivity index (χ3v) is 2.07. The first-order valence-electron chi connectivity index (χ1n) is 4.06. The van der Waals surface area contributed by atoms with Gasteiger partial charge in [-0.25, -0.2) is 0 Å². The smallest absolute Gasteiger partial charge is 0.224 e. The number of hydrogen-bond acceptors (Lipinski definition) is 2. The topological polar surface area (TPSA) is 29.1 Å². The Bertz CT molecular complexity index is 206. The molecule has 0 aliphatic carbocycles. The molecule has 1 aromatic rings. The van der Waals surface area contributed by atoms with Gasteiger partial charge < -0.3 is 5.32 Å². The van der Waals surface area contributed by atoms with Gasteiger partial charge >= 0.3 is 0 Å². The molecule has 1 amide bonds. The van der Waals surface area contributed by atoms with Gasteiger partial charge in [-0.1, -0.05) is 19.9 Å². The Morgan fingerprint density at radius 3 is 2.67 bits per heavy atom. The zero-order chi connectivity index (χ0) is 9.40. The minimum absolute atomic E-state index is 0.0717. The summed E-state index contributed by atoms with van der Waals surface area (Å²) in [5.41, 5.74) is 0. The van der Waals surface area contributed by atoms with Crippen LogP contribution < -0.4 is 5.32 Å². The van der Waals surface area contributed by atoms with E-state index < -0.39 is 0 Å². The van der Waals surface area contributed by atoms with Crippen molar-refractivity contribution < 1.29 is 4.79 Å². The SMILES string of the molecule is CC.CNC(=O)Cc1cccs1. The van der Waals surface area contributed by atoms with Crippen molar-refractivity contribution in [2.75, 3.05) is 7.05 Å². The average molecular weight is 185 g/mol. The molecular weight excluding hydrogens is 170 g/mol. The molecule has 0 aromatic carbocycles. The molecule has 3 heteroatoms. The number of hydrogen-bond donors (Lipinski definition) is 1. The maximum Gasteiger partial charge on any atom is 0.224 e. The molecule has 0 fully saturated rings. The lowest BCUT2D eigenvalue weighted by atomic mass is 10.3. The molecule has 0 bridgehead atoms. The van der Waals surface area contributed by atoms with Gasteiger partial charge in [0.1, 0.15) is 0 Å². The molecule has 12 heavy (non-hydrogen) atoms. The first kappa shape index (κ1) is 11.2. The molecule has 1 N–H and O–H groups in total. The number of carbonyl (C=O) groups is 1. The minimum Gasteiger partial charge on any atom is -0.359 e. The Kier molecular flexibility index (Phi) is 6.38. The van der Waals surface area contributed by atoms with Crippen molar-refractivity contribution in [2.45, 2.75) is 20.3 Å². The van der Waals surface area contributed by atoms with Gasteiger partial charge in [-0.3, -0.25) is 4.79 Å². The highest BCUT2D eigenvalue weighted by Gasteiger charge is 1.99. The summed E-state index contributed by atoms with van der Waals surface area (Å²) in [4.78, 5) is 11.9. The summed E-state index contributed by atoms with van der Waals surface area (Å²) < 4.78 is 0. The van der Waals surface area contributed by atoms with Gasteiger partial charge in [0.15, 0.2) is 0 Å². The van der Waals surface area contributed by atoms with E-state index in [9.17, 15) is 4.79 Å². The highest BCUT2D eigenvalue weighted by Crippen LogP contribution is 2.08. The zero-order valence-corrected chi connectivity index (χ0v) is 8.57. The van der Waals surface area contributed by atoms with Gasteiger partial charge in [0, 0.05) is 11.9 Å². The van der Waals surface area contributed by atoms with Crippen molar-refractivity contribution in [1.82, 2.24) is 5.32 Å². The summed E-state index contributed by atoms with van der Waals surface area (Å²) in [6.45, 7) is 4.00. The van der Waals surface area contributed by atoms with Crippen LogP contribution in [0.4, 0.5) is 0 Å². The van der Waals surface area contributed by atoms with Crippen LogP contribution in [0, 0.1) is 0 Å². The zero-order valence-electron chi connectivity index (χ0n) is 7.76. The van der Waals surface area contributed by atoms with Gasteiger partial charge in [0.2, 0.25) is 5.91 Å². The van der Waals surface area contributed by atoms with Crippen LogP contribution in [0.3, 0.4) is 0 Å². The van der Waals surface area contributed by atoms with E-state index in [0.29, 0.717) is 6.42 Å². The molecule has 0 atom stereocenters. The van der Waals surface area contributed by atoms with Crippen LogP contribution in [0.5, 0.6) is 0 Å². The molecule has 1 heterocycles.